The van der Waals surface area contributed by atoms with Crippen LogP contribution < -0.4 is 5.32 Å². The van der Waals surface area contributed by atoms with E-state index in [1.165, 1.54) is 25.3 Å². The monoisotopic (exact) mass is 356 g/mol. The minimum Gasteiger partial charge on any atom is -0.311 e. The standard InChI is InChI=1S/C17H26BrFN2/c1-17(2,3)20-11-16-6-4-5-7-21(16)12-13-8-14(18)10-15(19)9-13/h8-10,16,20H,4-7,11-12H2,1-3H3. The largest absolute Gasteiger partial charge is 0.311 e. The van der Waals surface area contributed by atoms with Crippen LogP contribution in [0.25, 0.3) is 0 Å². The number of nitrogens with one attached hydrogen (secondary N) is 1. The van der Waals surface area contributed by atoms with Crippen molar-refractivity contribution < 1.29 is 4.39 Å². The van der Waals surface area contributed by atoms with E-state index < -0.39 is 0 Å². The molecule has 0 bridgehead atoms. The van der Waals surface area contributed by atoms with E-state index >= 15 is 0 Å². The van der Waals surface area contributed by atoms with Crippen molar-refractivity contribution in [2.75, 3.05) is 13.1 Å². The fraction of sp³-hybridized carbons (Fsp3) is 0.647. The Morgan fingerprint density at radius 3 is 2.71 bits per heavy atom. The van der Waals surface area contributed by atoms with E-state index in [0.717, 1.165) is 29.7 Å². The molecule has 0 saturated carbocycles. The summed E-state index contributed by atoms with van der Waals surface area (Å²) in [5.41, 5.74) is 1.19. The van der Waals surface area contributed by atoms with Crippen molar-refractivity contribution in [2.24, 2.45) is 0 Å². The van der Waals surface area contributed by atoms with Crippen molar-refractivity contribution in [1.29, 1.82) is 0 Å². The molecular formula is C17H26BrFN2. The third kappa shape index (κ3) is 5.68. The molecule has 1 aromatic carbocycles. The molecular weight excluding hydrogens is 331 g/mol. The lowest BCUT2D eigenvalue weighted by molar-refractivity contribution is 0.131. The Bertz CT molecular complexity index is 450. The van der Waals surface area contributed by atoms with E-state index in [1.807, 2.05) is 6.07 Å². The second-order valence-electron chi connectivity index (χ2n) is 7.03. The molecule has 1 aliphatic rings. The van der Waals surface area contributed by atoms with Crippen molar-refractivity contribution in [1.82, 2.24) is 10.2 Å². The molecule has 118 valence electrons. The highest BCUT2D eigenvalue weighted by atomic mass is 79.9. The summed E-state index contributed by atoms with van der Waals surface area (Å²) < 4.78 is 14.3. The molecule has 2 nitrogen and oxygen atoms in total. The highest BCUT2D eigenvalue weighted by Gasteiger charge is 2.24. The van der Waals surface area contributed by atoms with Crippen molar-refractivity contribution in [2.45, 2.75) is 58.2 Å². The maximum absolute atomic E-state index is 13.5. The number of benzene rings is 1. The van der Waals surface area contributed by atoms with Crippen LogP contribution in [0.15, 0.2) is 22.7 Å². The van der Waals surface area contributed by atoms with Crippen molar-refractivity contribution >= 4 is 15.9 Å². The van der Waals surface area contributed by atoms with Gasteiger partial charge >= 0.3 is 0 Å². The Morgan fingerprint density at radius 2 is 2.05 bits per heavy atom. The van der Waals surface area contributed by atoms with E-state index in [1.54, 1.807) is 6.07 Å². The first-order valence-corrected chi connectivity index (χ1v) is 8.57. The number of hydrogen-bond donors (Lipinski definition) is 1. The first-order chi connectivity index (χ1) is 9.83. The van der Waals surface area contributed by atoms with Gasteiger partial charge in [-0.2, -0.15) is 0 Å². The molecule has 21 heavy (non-hydrogen) atoms. The van der Waals surface area contributed by atoms with Crippen LogP contribution in [-0.4, -0.2) is 29.6 Å². The number of rotatable bonds is 4. The average molecular weight is 357 g/mol. The van der Waals surface area contributed by atoms with Gasteiger partial charge in [-0.3, -0.25) is 4.90 Å². The zero-order valence-electron chi connectivity index (χ0n) is 13.3. The molecule has 4 heteroatoms. The van der Waals surface area contributed by atoms with E-state index in [2.05, 4.69) is 46.9 Å². The van der Waals surface area contributed by atoms with Gasteiger partial charge < -0.3 is 5.32 Å². The van der Waals surface area contributed by atoms with Gasteiger partial charge in [0.1, 0.15) is 5.82 Å². The summed E-state index contributed by atoms with van der Waals surface area (Å²) in [6.45, 7) is 9.52. The number of nitrogens with zero attached hydrogens (tertiary/aromatic N) is 1. The van der Waals surface area contributed by atoms with E-state index in [0.29, 0.717) is 6.04 Å². The summed E-state index contributed by atoms with van der Waals surface area (Å²) in [6.07, 6.45) is 3.75. The van der Waals surface area contributed by atoms with Crippen LogP contribution in [-0.2, 0) is 6.54 Å². The smallest absolute Gasteiger partial charge is 0.124 e. The summed E-state index contributed by atoms with van der Waals surface area (Å²) in [4.78, 5) is 2.49. The van der Waals surface area contributed by atoms with Crippen LogP contribution >= 0.6 is 15.9 Å². The summed E-state index contributed by atoms with van der Waals surface area (Å²) >= 11 is 3.38. The molecule has 1 saturated heterocycles. The van der Waals surface area contributed by atoms with Crippen molar-refractivity contribution in [3.63, 3.8) is 0 Å². The first-order valence-electron chi connectivity index (χ1n) is 7.77. The van der Waals surface area contributed by atoms with Crippen molar-refractivity contribution in [3.8, 4) is 0 Å². The van der Waals surface area contributed by atoms with E-state index in [-0.39, 0.29) is 11.4 Å². The fourth-order valence-electron chi connectivity index (χ4n) is 2.86. The number of piperidine rings is 1. The molecule has 0 aromatic heterocycles. The Balaban J connectivity index is 2.01. The maximum atomic E-state index is 13.5. The van der Waals surface area contributed by atoms with Gasteiger partial charge in [-0.25, -0.2) is 4.39 Å². The molecule has 0 amide bonds. The van der Waals surface area contributed by atoms with Crippen LogP contribution in [0.5, 0.6) is 0 Å². The summed E-state index contributed by atoms with van der Waals surface area (Å²) in [5, 5.41) is 3.61. The minimum atomic E-state index is -0.166. The number of likely N-dealkylation sites (tertiary alicyclic amines) is 1. The number of hydrogen-bond acceptors (Lipinski definition) is 2. The second-order valence-corrected chi connectivity index (χ2v) is 7.94. The normalized spacial score (nSPS) is 20.7. The van der Waals surface area contributed by atoms with E-state index in [9.17, 15) is 4.39 Å². The second kappa shape index (κ2) is 7.21. The summed E-state index contributed by atoms with van der Waals surface area (Å²) in [6, 6.07) is 5.72. The molecule has 1 aromatic rings. The molecule has 1 atom stereocenters. The topological polar surface area (TPSA) is 15.3 Å². The fourth-order valence-corrected chi connectivity index (χ4v) is 3.37. The van der Waals surface area contributed by atoms with Gasteiger partial charge in [-0.15, -0.1) is 0 Å². The Kier molecular flexibility index (Phi) is 5.81. The van der Waals surface area contributed by atoms with Crippen LogP contribution in [0.2, 0.25) is 0 Å². The van der Waals surface area contributed by atoms with Crippen LogP contribution in [0.3, 0.4) is 0 Å². The Morgan fingerprint density at radius 1 is 1.29 bits per heavy atom. The molecule has 1 fully saturated rings. The Hall–Kier alpha value is -0.450. The molecule has 1 heterocycles. The molecule has 2 rings (SSSR count). The first kappa shape index (κ1) is 16.9. The van der Waals surface area contributed by atoms with Gasteiger partial charge in [0, 0.05) is 29.1 Å². The summed E-state index contributed by atoms with van der Waals surface area (Å²) in [7, 11) is 0. The lowest BCUT2D eigenvalue weighted by Crippen LogP contribution is -2.49. The number of halogens is 2. The zero-order chi connectivity index (χ0) is 15.5. The quantitative estimate of drug-likeness (QED) is 0.863. The Labute approximate surface area is 136 Å². The lowest BCUT2D eigenvalue weighted by Gasteiger charge is -2.37. The predicted octanol–water partition coefficient (Wildman–Crippen LogP) is 4.33. The van der Waals surface area contributed by atoms with Gasteiger partial charge in [-0.1, -0.05) is 22.4 Å². The van der Waals surface area contributed by atoms with Crippen LogP contribution in [0, 0.1) is 5.82 Å². The van der Waals surface area contributed by atoms with E-state index in [4.69, 9.17) is 0 Å². The minimum absolute atomic E-state index is 0.144. The molecule has 0 spiro atoms. The molecule has 1 aliphatic heterocycles. The van der Waals surface area contributed by atoms with Crippen LogP contribution in [0.4, 0.5) is 4.39 Å². The highest BCUT2D eigenvalue weighted by molar-refractivity contribution is 9.10. The third-order valence-electron chi connectivity index (χ3n) is 3.93. The maximum Gasteiger partial charge on any atom is 0.124 e. The third-order valence-corrected chi connectivity index (χ3v) is 4.38. The van der Waals surface area contributed by atoms with Gasteiger partial charge in [0.05, 0.1) is 0 Å². The SMILES string of the molecule is CC(C)(C)NCC1CCCCN1Cc1cc(F)cc(Br)c1. The zero-order valence-corrected chi connectivity index (χ0v) is 14.8. The molecule has 0 radical (unpaired) electrons. The van der Waals surface area contributed by atoms with Crippen LogP contribution in [0.1, 0.15) is 45.6 Å². The molecule has 0 aliphatic carbocycles. The molecule has 1 N–H and O–H groups in total. The summed E-state index contributed by atoms with van der Waals surface area (Å²) in [5.74, 6) is -0.166. The van der Waals surface area contributed by atoms with Gasteiger partial charge in [0.25, 0.3) is 0 Å². The molecule has 1 unspecified atom stereocenters. The predicted molar refractivity (Wildman–Crippen MR) is 89.9 cm³/mol. The average Bonchev–Trinajstić information content (AvgIpc) is 2.35. The van der Waals surface area contributed by atoms with Gasteiger partial charge in [0.2, 0.25) is 0 Å². The van der Waals surface area contributed by atoms with Gasteiger partial charge in [0.15, 0.2) is 0 Å². The van der Waals surface area contributed by atoms with Crippen molar-refractivity contribution in [3.05, 3.63) is 34.1 Å². The lowest BCUT2D eigenvalue weighted by atomic mass is 9.99. The van der Waals surface area contributed by atoms with Gasteiger partial charge in [-0.05, 0) is 63.9 Å². The highest BCUT2D eigenvalue weighted by Crippen LogP contribution is 2.22.